The summed E-state index contributed by atoms with van der Waals surface area (Å²) in [7, 11) is 0. The molecule has 1 aliphatic heterocycles. The molecule has 1 fully saturated rings. The number of alkyl halides is 1. The van der Waals surface area contributed by atoms with Gasteiger partial charge in [-0.05, 0) is 36.8 Å². The van der Waals surface area contributed by atoms with E-state index in [-0.39, 0.29) is 0 Å². The highest BCUT2D eigenvalue weighted by Crippen LogP contribution is 2.39. The third-order valence-electron chi connectivity index (χ3n) is 5.04. The predicted octanol–water partition coefficient (Wildman–Crippen LogP) is 5.14. The average molecular weight is 280 g/mol. The number of piperidine rings is 1. The summed E-state index contributed by atoms with van der Waals surface area (Å²) in [4.78, 5) is 2.53. The topological polar surface area (TPSA) is 3.24 Å². The summed E-state index contributed by atoms with van der Waals surface area (Å²) in [5.74, 6) is 0.611. The minimum Gasteiger partial charge on any atom is -0.371 e. The number of benzene rings is 1. The molecule has 19 heavy (non-hydrogen) atoms. The molecule has 0 unspecified atom stereocenters. The molecule has 106 valence electrons. The van der Waals surface area contributed by atoms with Crippen LogP contribution in [0.15, 0.2) is 18.2 Å². The van der Waals surface area contributed by atoms with Gasteiger partial charge < -0.3 is 4.90 Å². The van der Waals surface area contributed by atoms with Crippen molar-refractivity contribution >= 4 is 17.3 Å². The zero-order valence-corrected chi connectivity index (χ0v) is 13.3. The molecule has 0 radical (unpaired) electrons. The molecule has 2 heteroatoms. The molecular weight excluding hydrogens is 254 g/mol. The van der Waals surface area contributed by atoms with Crippen molar-refractivity contribution in [2.24, 2.45) is 5.41 Å². The quantitative estimate of drug-likeness (QED) is 0.690. The van der Waals surface area contributed by atoms with Gasteiger partial charge in [-0.25, -0.2) is 0 Å². The van der Waals surface area contributed by atoms with Crippen LogP contribution in [0.4, 0.5) is 5.69 Å². The summed E-state index contributed by atoms with van der Waals surface area (Å²) in [6.45, 7) is 9.17. The number of rotatable bonds is 4. The van der Waals surface area contributed by atoms with Gasteiger partial charge in [0, 0.05) is 24.7 Å². The van der Waals surface area contributed by atoms with E-state index in [4.69, 9.17) is 11.6 Å². The molecule has 1 nitrogen and oxygen atoms in total. The highest BCUT2D eigenvalue weighted by molar-refractivity contribution is 6.17. The van der Waals surface area contributed by atoms with Gasteiger partial charge in [-0.1, -0.05) is 44.4 Å². The first-order valence-corrected chi connectivity index (χ1v) is 8.08. The maximum Gasteiger partial charge on any atom is 0.0494 e. The second-order valence-electron chi connectivity index (χ2n) is 5.96. The van der Waals surface area contributed by atoms with Crippen LogP contribution < -0.4 is 4.90 Å². The fraction of sp³-hybridized carbons (Fsp3) is 0.647. The van der Waals surface area contributed by atoms with E-state index in [9.17, 15) is 0 Å². The summed E-state index contributed by atoms with van der Waals surface area (Å²) in [5, 5.41) is 0. The van der Waals surface area contributed by atoms with Crippen molar-refractivity contribution in [3.05, 3.63) is 29.3 Å². The van der Waals surface area contributed by atoms with E-state index in [0.717, 1.165) is 0 Å². The monoisotopic (exact) mass is 279 g/mol. The Hall–Kier alpha value is -0.690. The molecule has 0 saturated carbocycles. The standard InChI is InChI=1S/C17H26ClN/c1-4-17(5-2)8-10-19(11-9-17)16-7-6-14(3)12-15(16)13-18/h6-7,12H,4-5,8-11,13H2,1-3H3. The van der Waals surface area contributed by atoms with Crippen LogP contribution in [-0.2, 0) is 5.88 Å². The van der Waals surface area contributed by atoms with Crippen molar-refractivity contribution in [3.8, 4) is 0 Å². The molecule has 1 saturated heterocycles. The van der Waals surface area contributed by atoms with Crippen molar-refractivity contribution < 1.29 is 0 Å². The molecule has 1 aliphatic rings. The third kappa shape index (κ3) is 3.08. The largest absolute Gasteiger partial charge is 0.371 e. The Labute approximate surface area is 123 Å². The minimum atomic E-state index is 0.586. The zero-order valence-electron chi connectivity index (χ0n) is 12.5. The van der Waals surface area contributed by atoms with E-state index in [2.05, 4.69) is 43.9 Å². The van der Waals surface area contributed by atoms with Crippen LogP contribution in [0.25, 0.3) is 0 Å². The molecule has 0 aromatic heterocycles. The first-order chi connectivity index (χ1) is 9.14. The van der Waals surface area contributed by atoms with Gasteiger partial charge in [0.2, 0.25) is 0 Å². The van der Waals surface area contributed by atoms with Crippen molar-refractivity contribution in [3.63, 3.8) is 0 Å². The molecule has 0 amide bonds. The SMILES string of the molecule is CCC1(CC)CCN(c2ccc(C)cc2CCl)CC1. The fourth-order valence-electron chi connectivity index (χ4n) is 3.31. The zero-order chi connectivity index (χ0) is 13.9. The van der Waals surface area contributed by atoms with E-state index in [1.54, 1.807) is 0 Å². The Morgan fingerprint density at radius 1 is 1.16 bits per heavy atom. The van der Waals surface area contributed by atoms with Gasteiger partial charge in [0.05, 0.1) is 0 Å². The summed E-state index contributed by atoms with van der Waals surface area (Å²) in [6, 6.07) is 6.68. The number of nitrogens with zero attached hydrogens (tertiary/aromatic N) is 1. The Morgan fingerprint density at radius 2 is 1.79 bits per heavy atom. The van der Waals surface area contributed by atoms with Crippen LogP contribution in [0.2, 0.25) is 0 Å². The molecule has 2 rings (SSSR count). The Kier molecular flexibility index (Phi) is 4.78. The number of aryl methyl sites for hydroxylation is 1. The van der Waals surface area contributed by atoms with Gasteiger partial charge in [0.15, 0.2) is 0 Å². The smallest absolute Gasteiger partial charge is 0.0494 e. The minimum absolute atomic E-state index is 0.586. The van der Waals surface area contributed by atoms with E-state index in [0.29, 0.717) is 11.3 Å². The van der Waals surface area contributed by atoms with Gasteiger partial charge >= 0.3 is 0 Å². The molecule has 0 N–H and O–H groups in total. The summed E-state index contributed by atoms with van der Waals surface area (Å²) < 4.78 is 0. The van der Waals surface area contributed by atoms with Crippen molar-refractivity contribution in [2.75, 3.05) is 18.0 Å². The predicted molar refractivity (Wildman–Crippen MR) is 85.2 cm³/mol. The maximum atomic E-state index is 6.11. The lowest BCUT2D eigenvalue weighted by Crippen LogP contribution is -2.40. The summed E-state index contributed by atoms with van der Waals surface area (Å²) >= 11 is 6.11. The van der Waals surface area contributed by atoms with Crippen LogP contribution in [0.5, 0.6) is 0 Å². The van der Waals surface area contributed by atoms with E-state index >= 15 is 0 Å². The molecule has 0 spiro atoms. The highest BCUT2D eigenvalue weighted by Gasteiger charge is 2.31. The van der Waals surface area contributed by atoms with Crippen LogP contribution in [0, 0.1) is 12.3 Å². The molecule has 0 bridgehead atoms. The number of hydrogen-bond acceptors (Lipinski definition) is 1. The fourth-order valence-corrected chi connectivity index (χ4v) is 3.52. The second-order valence-corrected chi connectivity index (χ2v) is 6.23. The Morgan fingerprint density at radius 3 is 2.32 bits per heavy atom. The summed E-state index contributed by atoms with van der Waals surface area (Å²) in [6.07, 6.45) is 5.26. The second kappa shape index (κ2) is 6.17. The lowest BCUT2D eigenvalue weighted by Gasteiger charge is -2.42. The normalized spacial score (nSPS) is 18.6. The van der Waals surface area contributed by atoms with Crippen molar-refractivity contribution in [2.45, 2.75) is 52.3 Å². The average Bonchev–Trinajstić information content (AvgIpc) is 2.47. The van der Waals surface area contributed by atoms with E-state index in [1.165, 1.54) is 55.6 Å². The highest BCUT2D eigenvalue weighted by atomic mass is 35.5. The number of hydrogen-bond donors (Lipinski definition) is 0. The lowest BCUT2D eigenvalue weighted by atomic mass is 9.74. The van der Waals surface area contributed by atoms with Gasteiger partial charge in [-0.2, -0.15) is 0 Å². The van der Waals surface area contributed by atoms with E-state index < -0.39 is 0 Å². The number of halogens is 1. The third-order valence-corrected chi connectivity index (χ3v) is 5.33. The Balaban J connectivity index is 2.13. The molecular formula is C17H26ClN. The molecule has 0 atom stereocenters. The number of anilines is 1. The van der Waals surface area contributed by atoms with Crippen LogP contribution >= 0.6 is 11.6 Å². The Bertz CT molecular complexity index is 413. The van der Waals surface area contributed by atoms with Crippen molar-refractivity contribution in [1.29, 1.82) is 0 Å². The van der Waals surface area contributed by atoms with Gasteiger partial charge in [0.25, 0.3) is 0 Å². The van der Waals surface area contributed by atoms with Gasteiger partial charge in [0.1, 0.15) is 0 Å². The maximum absolute atomic E-state index is 6.11. The van der Waals surface area contributed by atoms with Crippen molar-refractivity contribution in [1.82, 2.24) is 0 Å². The van der Waals surface area contributed by atoms with Crippen LogP contribution in [0.1, 0.15) is 50.7 Å². The van der Waals surface area contributed by atoms with Crippen LogP contribution in [0.3, 0.4) is 0 Å². The molecule has 1 aromatic carbocycles. The lowest BCUT2D eigenvalue weighted by molar-refractivity contribution is 0.199. The van der Waals surface area contributed by atoms with E-state index in [1.807, 2.05) is 0 Å². The van der Waals surface area contributed by atoms with Gasteiger partial charge in [-0.3, -0.25) is 0 Å². The first-order valence-electron chi connectivity index (χ1n) is 7.54. The van der Waals surface area contributed by atoms with Crippen LogP contribution in [-0.4, -0.2) is 13.1 Å². The summed E-state index contributed by atoms with van der Waals surface area (Å²) in [5.41, 5.74) is 4.51. The molecule has 1 aromatic rings. The van der Waals surface area contributed by atoms with Gasteiger partial charge in [-0.15, -0.1) is 11.6 Å². The molecule has 1 heterocycles. The first kappa shape index (κ1) is 14.7. The molecule has 0 aliphatic carbocycles.